The molecule has 0 atom stereocenters. The van der Waals surface area contributed by atoms with Gasteiger partial charge in [-0.15, -0.1) is 0 Å². The van der Waals surface area contributed by atoms with Crippen LogP contribution in [-0.2, 0) is 11.2 Å². The maximum Gasteiger partial charge on any atom is 0.255 e. The summed E-state index contributed by atoms with van der Waals surface area (Å²) in [7, 11) is 1.62. The van der Waals surface area contributed by atoms with E-state index in [0.717, 1.165) is 11.3 Å². The lowest BCUT2D eigenvalue weighted by Crippen LogP contribution is -2.25. The molecule has 0 fully saturated rings. The lowest BCUT2D eigenvalue weighted by atomic mass is 10.1. The van der Waals surface area contributed by atoms with Crippen LogP contribution in [-0.4, -0.2) is 32.1 Å². The summed E-state index contributed by atoms with van der Waals surface area (Å²) in [6, 6.07) is 14.3. The monoisotopic (exact) mass is 328 g/mol. The minimum atomic E-state index is -0.565. The summed E-state index contributed by atoms with van der Waals surface area (Å²) in [6.07, 6.45) is 0.716. The van der Waals surface area contributed by atoms with Gasteiger partial charge in [0.15, 0.2) is 6.61 Å². The Morgan fingerprint density at radius 1 is 1.08 bits per heavy atom. The Morgan fingerprint density at radius 3 is 2.50 bits per heavy atom. The first kappa shape index (κ1) is 17.3. The van der Waals surface area contributed by atoms with Crippen LogP contribution in [0.2, 0.25) is 0 Å². The van der Waals surface area contributed by atoms with Gasteiger partial charge in [0.25, 0.3) is 11.8 Å². The normalized spacial score (nSPS) is 10.0. The van der Waals surface area contributed by atoms with Crippen LogP contribution in [0.5, 0.6) is 11.5 Å². The van der Waals surface area contributed by atoms with Crippen molar-refractivity contribution in [2.75, 3.05) is 20.3 Å². The van der Waals surface area contributed by atoms with Crippen molar-refractivity contribution in [3.05, 3.63) is 59.7 Å². The fourth-order valence-corrected chi connectivity index (χ4v) is 2.10. The van der Waals surface area contributed by atoms with Crippen LogP contribution in [0.1, 0.15) is 15.9 Å². The van der Waals surface area contributed by atoms with E-state index in [0.29, 0.717) is 24.3 Å². The number of carbonyl (C=O) groups is 2. The van der Waals surface area contributed by atoms with Gasteiger partial charge in [0.05, 0.1) is 7.11 Å². The van der Waals surface area contributed by atoms with E-state index in [1.807, 2.05) is 24.3 Å². The van der Waals surface area contributed by atoms with Crippen molar-refractivity contribution in [1.82, 2.24) is 5.32 Å². The molecule has 0 saturated carbocycles. The Kier molecular flexibility index (Phi) is 6.19. The van der Waals surface area contributed by atoms with Gasteiger partial charge in [-0.2, -0.15) is 0 Å². The summed E-state index contributed by atoms with van der Waals surface area (Å²) in [5.41, 5.74) is 6.60. The molecule has 3 N–H and O–H groups in total. The van der Waals surface area contributed by atoms with E-state index in [-0.39, 0.29) is 12.5 Å². The minimum Gasteiger partial charge on any atom is -0.497 e. The Bertz CT molecular complexity index is 698. The van der Waals surface area contributed by atoms with E-state index in [9.17, 15) is 9.59 Å². The van der Waals surface area contributed by atoms with Crippen LogP contribution in [0.3, 0.4) is 0 Å². The van der Waals surface area contributed by atoms with E-state index in [4.69, 9.17) is 15.2 Å². The van der Waals surface area contributed by atoms with Crippen molar-refractivity contribution in [3.8, 4) is 11.5 Å². The molecule has 2 aromatic rings. The summed E-state index contributed by atoms with van der Waals surface area (Å²) in [6.45, 7) is 0.292. The summed E-state index contributed by atoms with van der Waals surface area (Å²) in [5, 5.41) is 2.85. The average Bonchev–Trinajstić information content (AvgIpc) is 2.60. The molecule has 0 radical (unpaired) electrons. The number of amides is 2. The van der Waals surface area contributed by atoms with E-state index in [2.05, 4.69) is 5.32 Å². The summed E-state index contributed by atoms with van der Waals surface area (Å²) < 4.78 is 10.3. The summed E-state index contributed by atoms with van der Waals surface area (Å²) in [4.78, 5) is 22.9. The average molecular weight is 328 g/mol. The van der Waals surface area contributed by atoms with Crippen molar-refractivity contribution in [1.29, 1.82) is 0 Å². The number of nitrogens with two attached hydrogens (primary N) is 1. The molecule has 2 rings (SSSR count). The van der Waals surface area contributed by atoms with Crippen molar-refractivity contribution in [3.63, 3.8) is 0 Å². The van der Waals surface area contributed by atoms with Crippen LogP contribution in [0.25, 0.3) is 0 Å². The zero-order valence-electron chi connectivity index (χ0n) is 13.5. The number of ether oxygens (including phenoxy) is 2. The molecule has 0 unspecified atom stereocenters. The van der Waals surface area contributed by atoms with E-state index in [1.165, 1.54) is 0 Å². The molecule has 0 saturated heterocycles. The molecular weight excluding hydrogens is 308 g/mol. The van der Waals surface area contributed by atoms with Crippen molar-refractivity contribution < 1.29 is 19.1 Å². The number of nitrogens with one attached hydrogen (secondary N) is 1. The van der Waals surface area contributed by atoms with E-state index >= 15 is 0 Å². The lowest BCUT2D eigenvalue weighted by Gasteiger charge is -2.08. The van der Waals surface area contributed by atoms with Gasteiger partial charge in [0, 0.05) is 12.1 Å². The molecule has 0 heterocycles. The number of benzene rings is 2. The Labute approximate surface area is 140 Å². The standard InChI is InChI=1S/C18H20N2O4/c1-23-15-7-5-13(6-8-15)9-10-20-18(22)14-3-2-4-16(11-14)24-12-17(19)21/h2-8,11H,9-10,12H2,1H3,(H2,19,21)(H,20,22). The number of hydrogen-bond acceptors (Lipinski definition) is 4. The molecule has 6 heteroatoms. The highest BCUT2D eigenvalue weighted by molar-refractivity contribution is 5.94. The number of primary amides is 1. The molecule has 2 aromatic carbocycles. The third-order valence-corrected chi connectivity index (χ3v) is 3.34. The van der Waals surface area contributed by atoms with Crippen LogP contribution >= 0.6 is 0 Å². The zero-order chi connectivity index (χ0) is 17.4. The molecule has 0 aliphatic rings. The fraction of sp³-hybridized carbons (Fsp3) is 0.222. The first-order chi connectivity index (χ1) is 11.6. The quantitative estimate of drug-likeness (QED) is 0.769. The summed E-state index contributed by atoms with van der Waals surface area (Å²) in [5.74, 6) is 0.463. The third kappa shape index (κ3) is 5.31. The molecule has 0 spiro atoms. The minimum absolute atomic E-state index is 0.201. The number of hydrogen-bond donors (Lipinski definition) is 2. The second-order valence-electron chi connectivity index (χ2n) is 5.14. The molecule has 6 nitrogen and oxygen atoms in total. The van der Waals surface area contributed by atoms with Gasteiger partial charge in [-0.3, -0.25) is 9.59 Å². The van der Waals surface area contributed by atoms with Gasteiger partial charge >= 0.3 is 0 Å². The van der Waals surface area contributed by atoms with Crippen molar-refractivity contribution >= 4 is 11.8 Å². The highest BCUT2D eigenvalue weighted by atomic mass is 16.5. The fourth-order valence-electron chi connectivity index (χ4n) is 2.10. The van der Waals surface area contributed by atoms with Crippen molar-refractivity contribution in [2.45, 2.75) is 6.42 Å². The van der Waals surface area contributed by atoms with Crippen molar-refractivity contribution in [2.24, 2.45) is 5.73 Å². The van der Waals surface area contributed by atoms with Gasteiger partial charge < -0.3 is 20.5 Å². The van der Waals surface area contributed by atoms with Gasteiger partial charge in [0.2, 0.25) is 0 Å². The largest absolute Gasteiger partial charge is 0.497 e. The molecule has 0 aliphatic heterocycles. The second kappa shape index (κ2) is 8.57. The smallest absolute Gasteiger partial charge is 0.255 e. The highest BCUT2D eigenvalue weighted by Gasteiger charge is 2.07. The van der Waals surface area contributed by atoms with E-state index < -0.39 is 5.91 Å². The maximum atomic E-state index is 12.1. The highest BCUT2D eigenvalue weighted by Crippen LogP contribution is 2.14. The third-order valence-electron chi connectivity index (χ3n) is 3.34. The van der Waals surface area contributed by atoms with Crippen LogP contribution < -0.4 is 20.5 Å². The van der Waals surface area contributed by atoms with Crippen LogP contribution in [0, 0.1) is 0 Å². The van der Waals surface area contributed by atoms with E-state index in [1.54, 1.807) is 31.4 Å². The topological polar surface area (TPSA) is 90.7 Å². The predicted molar refractivity (Wildman–Crippen MR) is 90.2 cm³/mol. The number of methoxy groups -OCH3 is 1. The maximum absolute atomic E-state index is 12.1. The SMILES string of the molecule is COc1ccc(CCNC(=O)c2cccc(OCC(N)=O)c2)cc1. The zero-order valence-corrected chi connectivity index (χ0v) is 13.5. The predicted octanol–water partition coefficient (Wildman–Crippen LogP) is 1.53. The Balaban J connectivity index is 1.85. The molecule has 126 valence electrons. The molecule has 0 aliphatic carbocycles. The molecule has 2 amide bonds. The molecule has 24 heavy (non-hydrogen) atoms. The first-order valence-corrected chi connectivity index (χ1v) is 7.51. The van der Waals surface area contributed by atoms with Crippen LogP contribution in [0.15, 0.2) is 48.5 Å². The second-order valence-corrected chi connectivity index (χ2v) is 5.14. The van der Waals surface area contributed by atoms with Gasteiger partial charge in [-0.1, -0.05) is 18.2 Å². The first-order valence-electron chi connectivity index (χ1n) is 7.51. The van der Waals surface area contributed by atoms with Crippen LogP contribution in [0.4, 0.5) is 0 Å². The molecule has 0 aromatic heterocycles. The Morgan fingerprint density at radius 2 is 1.83 bits per heavy atom. The number of carbonyl (C=O) groups excluding carboxylic acids is 2. The van der Waals surface area contributed by atoms with Gasteiger partial charge in [-0.25, -0.2) is 0 Å². The number of rotatable bonds is 8. The molecule has 0 bridgehead atoms. The Hall–Kier alpha value is -3.02. The van der Waals surface area contributed by atoms with Gasteiger partial charge in [-0.05, 0) is 42.3 Å². The molecular formula is C18H20N2O4. The lowest BCUT2D eigenvalue weighted by molar-refractivity contribution is -0.119. The van der Waals surface area contributed by atoms with Gasteiger partial charge in [0.1, 0.15) is 11.5 Å². The summed E-state index contributed by atoms with van der Waals surface area (Å²) >= 11 is 0.